The topological polar surface area (TPSA) is 57.0 Å². The molecule has 0 fully saturated rings. The number of halogens is 1. The molecule has 2 aromatic carbocycles. The number of para-hydroxylation sites is 1. The number of carbonyl (C=O) groups excluding carboxylic acids is 1. The zero-order valence-electron chi connectivity index (χ0n) is 13.8. The van der Waals surface area contributed by atoms with Crippen LogP contribution in [0.15, 0.2) is 53.7 Å². The summed E-state index contributed by atoms with van der Waals surface area (Å²) in [5, 5.41) is 9.69. The van der Waals surface area contributed by atoms with Gasteiger partial charge in [0.05, 0.1) is 18.4 Å². The van der Waals surface area contributed by atoms with E-state index in [0.29, 0.717) is 27.3 Å². The van der Waals surface area contributed by atoms with Gasteiger partial charge in [0.15, 0.2) is 16.8 Å². The molecule has 3 rings (SSSR count). The summed E-state index contributed by atoms with van der Waals surface area (Å²) in [5.74, 6) is 1.51. The van der Waals surface area contributed by atoms with Crippen molar-refractivity contribution in [2.75, 3.05) is 12.9 Å². The van der Waals surface area contributed by atoms with Crippen LogP contribution in [0.2, 0.25) is 5.02 Å². The number of hydrogen-bond acceptors (Lipinski definition) is 5. The van der Waals surface area contributed by atoms with Gasteiger partial charge in [-0.1, -0.05) is 47.6 Å². The van der Waals surface area contributed by atoms with Crippen LogP contribution in [0, 0.1) is 0 Å². The Morgan fingerprint density at radius 3 is 2.76 bits per heavy atom. The molecular weight excluding hydrogens is 358 g/mol. The normalized spacial score (nSPS) is 10.7. The molecule has 3 aromatic rings. The number of rotatable bonds is 6. The van der Waals surface area contributed by atoms with Crippen molar-refractivity contribution < 1.29 is 9.53 Å². The minimum atomic E-state index is -0.0187. The maximum absolute atomic E-state index is 12.5. The second kappa shape index (κ2) is 7.72. The molecule has 0 aliphatic carbocycles. The lowest BCUT2D eigenvalue weighted by atomic mass is 10.1. The average molecular weight is 374 g/mol. The fourth-order valence-corrected chi connectivity index (χ4v) is 3.39. The fraction of sp³-hybridized carbons (Fsp3) is 0.167. The summed E-state index contributed by atoms with van der Waals surface area (Å²) in [6, 6.07) is 14.6. The van der Waals surface area contributed by atoms with Crippen LogP contribution in [0.5, 0.6) is 5.75 Å². The van der Waals surface area contributed by atoms with Crippen LogP contribution in [0.1, 0.15) is 10.4 Å². The Labute approximate surface area is 155 Å². The number of carbonyl (C=O) groups is 1. The van der Waals surface area contributed by atoms with E-state index < -0.39 is 0 Å². The molecule has 1 heterocycles. The van der Waals surface area contributed by atoms with Crippen molar-refractivity contribution in [1.82, 2.24) is 14.8 Å². The molecule has 0 spiro atoms. The van der Waals surface area contributed by atoms with E-state index >= 15 is 0 Å². The van der Waals surface area contributed by atoms with E-state index in [1.165, 1.54) is 11.8 Å². The smallest absolute Gasteiger partial charge is 0.191 e. The molecule has 0 aliphatic heterocycles. The first-order valence-electron chi connectivity index (χ1n) is 7.54. The summed E-state index contributed by atoms with van der Waals surface area (Å²) in [7, 11) is 3.42. The molecule has 7 heteroatoms. The molecule has 0 saturated carbocycles. The third kappa shape index (κ3) is 3.86. The van der Waals surface area contributed by atoms with Crippen molar-refractivity contribution in [2.24, 2.45) is 7.05 Å². The number of thioether (sulfide) groups is 1. The van der Waals surface area contributed by atoms with Gasteiger partial charge in [0.2, 0.25) is 0 Å². The highest BCUT2D eigenvalue weighted by Crippen LogP contribution is 2.26. The molecule has 0 unspecified atom stereocenters. The lowest BCUT2D eigenvalue weighted by Gasteiger charge is -2.07. The average Bonchev–Trinajstić information content (AvgIpc) is 3.00. The van der Waals surface area contributed by atoms with Crippen molar-refractivity contribution >= 4 is 29.1 Å². The highest BCUT2D eigenvalue weighted by Gasteiger charge is 2.16. The number of nitrogens with zero attached hydrogens (tertiary/aromatic N) is 3. The standard InChI is InChI=1S/C18H16ClN3O2S/c1-22-17(12-6-5-7-13(19)10-12)20-21-18(22)25-11-15(23)14-8-3-4-9-16(14)24-2/h3-10H,11H2,1-2H3. The largest absolute Gasteiger partial charge is 0.496 e. The van der Waals surface area contributed by atoms with E-state index in [0.717, 1.165) is 5.56 Å². The molecule has 0 aliphatic rings. The predicted octanol–water partition coefficient (Wildman–Crippen LogP) is 4.12. The van der Waals surface area contributed by atoms with E-state index in [1.807, 2.05) is 48.0 Å². The molecule has 1 aromatic heterocycles. The summed E-state index contributed by atoms with van der Waals surface area (Å²) < 4.78 is 7.09. The van der Waals surface area contributed by atoms with Crippen molar-refractivity contribution in [2.45, 2.75) is 5.16 Å². The lowest BCUT2D eigenvalue weighted by Crippen LogP contribution is -2.06. The van der Waals surface area contributed by atoms with E-state index in [1.54, 1.807) is 19.2 Å². The van der Waals surface area contributed by atoms with E-state index in [-0.39, 0.29) is 11.5 Å². The Morgan fingerprint density at radius 2 is 2.00 bits per heavy atom. The predicted molar refractivity (Wildman–Crippen MR) is 99.5 cm³/mol. The number of ketones is 1. The first kappa shape index (κ1) is 17.5. The number of ether oxygens (including phenoxy) is 1. The molecule has 5 nitrogen and oxygen atoms in total. The van der Waals surface area contributed by atoms with E-state index in [4.69, 9.17) is 16.3 Å². The van der Waals surface area contributed by atoms with Crippen molar-refractivity contribution in [3.8, 4) is 17.1 Å². The summed E-state index contributed by atoms with van der Waals surface area (Å²) in [5.41, 5.74) is 1.44. The number of hydrogen-bond donors (Lipinski definition) is 0. The van der Waals surface area contributed by atoms with Gasteiger partial charge < -0.3 is 9.30 Å². The maximum Gasteiger partial charge on any atom is 0.191 e. The molecule has 0 atom stereocenters. The third-order valence-corrected chi connectivity index (χ3v) is 4.91. The van der Waals surface area contributed by atoms with Crippen LogP contribution in [-0.2, 0) is 7.05 Å². The van der Waals surface area contributed by atoms with Crippen LogP contribution in [-0.4, -0.2) is 33.4 Å². The molecule has 128 valence electrons. The highest BCUT2D eigenvalue weighted by atomic mass is 35.5. The Hall–Kier alpha value is -2.31. The van der Waals surface area contributed by atoms with Gasteiger partial charge in [-0.05, 0) is 24.3 Å². The second-order valence-electron chi connectivity index (χ2n) is 5.29. The monoisotopic (exact) mass is 373 g/mol. The zero-order chi connectivity index (χ0) is 17.8. The fourth-order valence-electron chi connectivity index (χ4n) is 2.40. The highest BCUT2D eigenvalue weighted by molar-refractivity contribution is 7.99. The van der Waals surface area contributed by atoms with Gasteiger partial charge in [-0.3, -0.25) is 4.79 Å². The Balaban J connectivity index is 1.75. The molecule has 0 N–H and O–H groups in total. The minimum absolute atomic E-state index is 0.0187. The molecule has 25 heavy (non-hydrogen) atoms. The summed E-state index contributed by atoms with van der Waals surface area (Å²) >= 11 is 7.37. The van der Waals surface area contributed by atoms with Gasteiger partial charge in [0, 0.05) is 17.6 Å². The van der Waals surface area contributed by atoms with Crippen molar-refractivity contribution in [3.63, 3.8) is 0 Å². The second-order valence-corrected chi connectivity index (χ2v) is 6.67. The molecule has 0 bridgehead atoms. The van der Waals surface area contributed by atoms with Gasteiger partial charge in [-0.2, -0.15) is 0 Å². The van der Waals surface area contributed by atoms with Crippen LogP contribution in [0.3, 0.4) is 0 Å². The number of aromatic nitrogens is 3. The Morgan fingerprint density at radius 1 is 1.20 bits per heavy atom. The molecule has 0 amide bonds. The van der Waals surface area contributed by atoms with Gasteiger partial charge in [-0.25, -0.2) is 0 Å². The quantitative estimate of drug-likeness (QED) is 0.480. The van der Waals surface area contributed by atoms with Crippen LogP contribution in [0.4, 0.5) is 0 Å². The number of methoxy groups -OCH3 is 1. The summed E-state index contributed by atoms with van der Waals surface area (Å²) in [6.07, 6.45) is 0. The summed E-state index contributed by atoms with van der Waals surface area (Å²) in [6.45, 7) is 0. The molecule has 0 saturated heterocycles. The molecule has 0 radical (unpaired) electrons. The van der Waals surface area contributed by atoms with Crippen molar-refractivity contribution in [3.05, 3.63) is 59.1 Å². The SMILES string of the molecule is COc1ccccc1C(=O)CSc1nnc(-c2cccc(Cl)c2)n1C. The lowest BCUT2D eigenvalue weighted by molar-refractivity contribution is 0.101. The molecular formula is C18H16ClN3O2S. The third-order valence-electron chi connectivity index (χ3n) is 3.66. The summed E-state index contributed by atoms with van der Waals surface area (Å²) in [4.78, 5) is 12.5. The Kier molecular flexibility index (Phi) is 5.40. The first-order valence-corrected chi connectivity index (χ1v) is 8.91. The van der Waals surface area contributed by atoms with Gasteiger partial charge in [0.1, 0.15) is 5.75 Å². The van der Waals surface area contributed by atoms with Gasteiger partial charge in [0.25, 0.3) is 0 Å². The van der Waals surface area contributed by atoms with E-state index in [2.05, 4.69) is 10.2 Å². The minimum Gasteiger partial charge on any atom is -0.496 e. The van der Waals surface area contributed by atoms with Gasteiger partial charge in [-0.15, -0.1) is 10.2 Å². The number of benzene rings is 2. The zero-order valence-corrected chi connectivity index (χ0v) is 15.3. The maximum atomic E-state index is 12.5. The van der Waals surface area contributed by atoms with Crippen LogP contribution < -0.4 is 4.74 Å². The van der Waals surface area contributed by atoms with Crippen LogP contribution >= 0.6 is 23.4 Å². The van der Waals surface area contributed by atoms with Gasteiger partial charge >= 0.3 is 0 Å². The first-order chi connectivity index (χ1) is 12.1. The van der Waals surface area contributed by atoms with Crippen LogP contribution in [0.25, 0.3) is 11.4 Å². The van der Waals surface area contributed by atoms with E-state index in [9.17, 15) is 4.79 Å². The van der Waals surface area contributed by atoms with Crippen molar-refractivity contribution in [1.29, 1.82) is 0 Å². The Bertz CT molecular complexity index is 911. The number of Topliss-reactive ketones (excluding diaryl/α,β-unsaturated/α-hetero) is 1.